The molecule has 2 aliphatic rings. The first kappa shape index (κ1) is 11.4. The Bertz CT molecular complexity index is 181. The lowest BCUT2D eigenvalue weighted by Gasteiger charge is -2.40. The fraction of sp³-hybridized carbons (Fsp3) is 1.00. The van der Waals surface area contributed by atoms with Gasteiger partial charge >= 0.3 is 0 Å². The highest BCUT2D eigenvalue weighted by Crippen LogP contribution is 2.34. The van der Waals surface area contributed by atoms with Gasteiger partial charge in [-0.1, -0.05) is 0 Å². The van der Waals surface area contributed by atoms with E-state index in [4.69, 9.17) is 4.74 Å². The molecule has 0 radical (unpaired) electrons. The summed E-state index contributed by atoms with van der Waals surface area (Å²) in [6, 6.07) is 0. The molecule has 1 N–H and O–H groups in total. The van der Waals surface area contributed by atoms with Crippen LogP contribution in [0.5, 0.6) is 0 Å². The van der Waals surface area contributed by atoms with E-state index in [9.17, 15) is 0 Å². The molecule has 2 fully saturated rings. The highest BCUT2D eigenvalue weighted by Gasteiger charge is 2.36. The average molecular weight is 212 g/mol. The number of methoxy groups -OCH3 is 1. The molecule has 1 aliphatic heterocycles. The molecule has 0 aromatic carbocycles. The molecule has 2 rings (SSSR count). The Hall–Kier alpha value is -0.120. The molecule has 0 atom stereocenters. The summed E-state index contributed by atoms with van der Waals surface area (Å²) in [5.41, 5.74) is 0.186. The monoisotopic (exact) mass is 212 g/mol. The van der Waals surface area contributed by atoms with Crippen LogP contribution in [0.3, 0.4) is 0 Å². The molecule has 0 aromatic heterocycles. The molecule has 0 bridgehead atoms. The summed E-state index contributed by atoms with van der Waals surface area (Å²) in [5.74, 6) is 0. The SMILES string of the molecule is COC1(CNCCN2CCCC2)CCC1. The molecule has 0 spiro atoms. The topological polar surface area (TPSA) is 24.5 Å². The van der Waals surface area contributed by atoms with Crippen molar-refractivity contribution in [2.45, 2.75) is 37.7 Å². The number of rotatable bonds is 6. The van der Waals surface area contributed by atoms with E-state index in [0.29, 0.717) is 0 Å². The van der Waals surface area contributed by atoms with Gasteiger partial charge in [-0.25, -0.2) is 0 Å². The van der Waals surface area contributed by atoms with Crippen molar-refractivity contribution in [1.82, 2.24) is 10.2 Å². The Morgan fingerprint density at radius 3 is 2.47 bits per heavy atom. The van der Waals surface area contributed by atoms with Crippen LogP contribution >= 0.6 is 0 Å². The van der Waals surface area contributed by atoms with Gasteiger partial charge in [-0.05, 0) is 45.2 Å². The van der Waals surface area contributed by atoms with E-state index < -0.39 is 0 Å². The molecule has 1 saturated carbocycles. The number of hydrogen-bond donors (Lipinski definition) is 1. The molecule has 1 aliphatic carbocycles. The lowest BCUT2D eigenvalue weighted by atomic mass is 9.80. The predicted molar refractivity (Wildman–Crippen MR) is 62.1 cm³/mol. The maximum atomic E-state index is 5.57. The van der Waals surface area contributed by atoms with Crippen LogP contribution < -0.4 is 5.32 Å². The van der Waals surface area contributed by atoms with E-state index in [2.05, 4.69) is 10.2 Å². The van der Waals surface area contributed by atoms with Crippen LogP contribution in [0.1, 0.15) is 32.1 Å². The quantitative estimate of drug-likeness (QED) is 0.670. The minimum Gasteiger partial charge on any atom is -0.377 e. The molecule has 3 nitrogen and oxygen atoms in total. The first-order valence-corrected chi connectivity index (χ1v) is 6.33. The van der Waals surface area contributed by atoms with Gasteiger partial charge in [0, 0.05) is 26.7 Å². The van der Waals surface area contributed by atoms with E-state index in [-0.39, 0.29) is 5.60 Å². The van der Waals surface area contributed by atoms with Crippen molar-refractivity contribution in [2.24, 2.45) is 0 Å². The Balaban J connectivity index is 1.54. The van der Waals surface area contributed by atoms with Crippen molar-refractivity contribution in [3.05, 3.63) is 0 Å². The van der Waals surface area contributed by atoms with E-state index in [1.54, 1.807) is 0 Å². The highest BCUT2D eigenvalue weighted by atomic mass is 16.5. The lowest BCUT2D eigenvalue weighted by molar-refractivity contribution is -0.0693. The molecule has 0 amide bonds. The number of nitrogens with zero attached hydrogens (tertiary/aromatic N) is 1. The minimum atomic E-state index is 0.186. The summed E-state index contributed by atoms with van der Waals surface area (Å²) in [5, 5.41) is 3.54. The van der Waals surface area contributed by atoms with Gasteiger partial charge in [0.05, 0.1) is 5.60 Å². The molecule has 15 heavy (non-hydrogen) atoms. The zero-order valence-corrected chi connectivity index (χ0v) is 9.93. The first-order valence-electron chi connectivity index (χ1n) is 6.33. The Kier molecular flexibility index (Phi) is 4.00. The number of ether oxygens (including phenoxy) is 1. The summed E-state index contributed by atoms with van der Waals surface area (Å²) in [6.45, 7) is 5.97. The average Bonchev–Trinajstić information content (AvgIpc) is 2.68. The third-order valence-electron chi connectivity index (χ3n) is 3.95. The summed E-state index contributed by atoms with van der Waals surface area (Å²) in [6.07, 6.45) is 6.59. The Labute approximate surface area is 93.2 Å². The van der Waals surface area contributed by atoms with Gasteiger partial charge in [-0.2, -0.15) is 0 Å². The Morgan fingerprint density at radius 2 is 1.93 bits per heavy atom. The minimum absolute atomic E-state index is 0.186. The molecular formula is C12H24N2O. The maximum absolute atomic E-state index is 5.57. The van der Waals surface area contributed by atoms with E-state index in [1.165, 1.54) is 51.7 Å². The van der Waals surface area contributed by atoms with Crippen molar-refractivity contribution in [3.63, 3.8) is 0 Å². The number of likely N-dealkylation sites (tertiary alicyclic amines) is 1. The second-order valence-corrected chi connectivity index (χ2v) is 4.97. The summed E-state index contributed by atoms with van der Waals surface area (Å²) >= 11 is 0. The summed E-state index contributed by atoms with van der Waals surface area (Å²) in [4.78, 5) is 2.55. The highest BCUT2D eigenvalue weighted by molar-refractivity contribution is 4.91. The third kappa shape index (κ3) is 2.92. The molecule has 1 saturated heterocycles. The van der Waals surface area contributed by atoms with Crippen LogP contribution in [0.15, 0.2) is 0 Å². The van der Waals surface area contributed by atoms with Gasteiger partial charge in [0.15, 0.2) is 0 Å². The van der Waals surface area contributed by atoms with Crippen LogP contribution in [0.2, 0.25) is 0 Å². The van der Waals surface area contributed by atoms with Gasteiger partial charge in [0.25, 0.3) is 0 Å². The zero-order chi connectivity index (χ0) is 10.6. The van der Waals surface area contributed by atoms with Crippen molar-refractivity contribution < 1.29 is 4.74 Å². The predicted octanol–water partition coefficient (Wildman–Crippen LogP) is 1.24. The summed E-state index contributed by atoms with van der Waals surface area (Å²) < 4.78 is 5.57. The van der Waals surface area contributed by atoms with Gasteiger partial charge in [-0.15, -0.1) is 0 Å². The van der Waals surface area contributed by atoms with Gasteiger partial charge in [0.1, 0.15) is 0 Å². The first-order chi connectivity index (χ1) is 7.35. The maximum Gasteiger partial charge on any atom is 0.0802 e. The normalized spacial score (nSPS) is 25.4. The largest absolute Gasteiger partial charge is 0.377 e. The summed E-state index contributed by atoms with van der Waals surface area (Å²) in [7, 11) is 1.85. The van der Waals surface area contributed by atoms with E-state index in [0.717, 1.165) is 13.1 Å². The number of hydrogen-bond acceptors (Lipinski definition) is 3. The van der Waals surface area contributed by atoms with Gasteiger partial charge in [0.2, 0.25) is 0 Å². The standard InChI is InChI=1S/C12H24N2O/c1-15-12(5-4-6-12)11-13-7-10-14-8-2-3-9-14/h13H,2-11H2,1H3. The third-order valence-corrected chi connectivity index (χ3v) is 3.95. The fourth-order valence-electron chi connectivity index (χ4n) is 2.58. The smallest absolute Gasteiger partial charge is 0.0802 e. The molecule has 1 heterocycles. The second kappa shape index (κ2) is 5.28. The van der Waals surface area contributed by atoms with E-state index in [1.807, 2.05) is 7.11 Å². The molecule has 0 aromatic rings. The molecule has 3 heteroatoms. The zero-order valence-electron chi connectivity index (χ0n) is 9.93. The van der Waals surface area contributed by atoms with E-state index >= 15 is 0 Å². The molecule has 0 unspecified atom stereocenters. The van der Waals surface area contributed by atoms with Crippen molar-refractivity contribution in [2.75, 3.05) is 39.8 Å². The van der Waals surface area contributed by atoms with Crippen molar-refractivity contribution in [1.29, 1.82) is 0 Å². The van der Waals surface area contributed by atoms with Crippen LogP contribution in [-0.2, 0) is 4.74 Å². The van der Waals surface area contributed by atoms with Crippen LogP contribution in [-0.4, -0.2) is 50.3 Å². The second-order valence-electron chi connectivity index (χ2n) is 4.97. The van der Waals surface area contributed by atoms with Gasteiger partial charge in [-0.3, -0.25) is 0 Å². The van der Waals surface area contributed by atoms with Crippen LogP contribution in [0.25, 0.3) is 0 Å². The number of nitrogens with one attached hydrogen (secondary N) is 1. The van der Waals surface area contributed by atoms with Crippen molar-refractivity contribution in [3.8, 4) is 0 Å². The fourth-order valence-corrected chi connectivity index (χ4v) is 2.58. The molecule has 88 valence electrons. The van der Waals surface area contributed by atoms with Crippen LogP contribution in [0, 0.1) is 0 Å². The van der Waals surface area contributed by atoms with Crippen LogP contribution in [0.4, 0.5) is 0 Å². The van der Waals surface area contributed by atoms with Gasteiger partial charge < -0.3 is 15.0 Å². The molecular weight excluding hydrogens is 188 g/mol. The Morgan fingerprint density at radius 1 is 1.20 bits per heavy atom. The van der Waals surface area contributed by atoms with Crippen molar-refractivity contribution >= 4 is 0 Å². The lowest BCUT2D eigenvalue weighted by Crippen LogP contribution is -2.49.